The van der Waals surface area contributed by atoms with Gasteiger partial charge in [0.05, 0.1) is 6.54 Å². The molecule has 0 fully saturated rings. The molecule has 6 heteroatoms. The third-order valence-corrected chi connectivity index (χ3v) is 2.67. The molecule has 1 aromatic rings. The molecule has 0 radical (unpaired) electrons. The number of hydrogen-bond donors (Lipinski definition) is 3. The number of carbonyl (C=O) groups is 2. The van der Waals surface area contributed by atoms with Gasteiger partial charge in [0.15, 0.2) is 0 Å². The first-order valence-electron chi connectivity index (χ1n) is 7.00. The smallest absolute Gasteiger partial charge is 0.221 e. The molecular formula is C15H23N3O3. The minimum atomic E-state index is -0.131. The second-order valence-corrected chi connectivity index (χ2v) is 4.92. The van der Waals surface area contributed by atoms with Crippen LogP contribution >= 0.6 is 0 Å². The SMILES string of the molecule is CC(=O)Nc1cccc(OCCNC(=O)CCC(C)N)c1. The Morgan fingerprint density at radius 3 is 2.81 bits per heavy atom. The lowest BCUT2D eigenvalue weighted by Gasteiger charge is -2.10. The van der Waals surface area contributed by atoms with Gasteiger partial charge in [-0.1, -0.05) is 6.07 Å². The van der Waals surface area contributed by atoms with E-state index in [1.165, 1.54) is 6.92 Å². The molecule has 1 atom stereocenters. The summed E-state index contributed by atoms with van der Waals surface area (Å²) in [4.78, 5) is 22.4. The van der Waals surface area contributed by atoms with Gasteiger partial charge in [0, 0.05) is 31.1 Å². The Balaban J connectivity index is 2.26. The Morgan fingerprint density at radius 2 is 2.14 bits per heavy atom. The molecule has 4 N–H and O–H groups in total. The van der Waals surface area contributed by atoms with Crippen molar-refractivity contribution in [2.45, 2.75) is 32.7 Å². The van der Waals surface area contributed by atoms with Crippen molar-refractivity contribution in [3.05, 3.63) is 24.3 Å². The van der Waals surface area contributed by atoms with Gasteiger partial charge in [-0.25, -0.2) is 0 Å². The highest BCUT2D eigenvalue weighted by molar-refractivity contribution is 5.88. The summed E-state index contributed by atoms with van der Waals surface area (Å²) < 4.78 is 5.51. The van der Waals surface area contributed by atoms with Gasteiger partial charge in [-0.3, -0.25) is 9.59 Å². The van der Waals surface area contributed by atoms with Crippen molar-refractivity contribution in [1.29, 1.82) is 0 Å². The molecule has 0 aliphatic carbocycles. The molecule has 0 saturated carbocycles. The van der Waals surface area contributed by atoms with Gasteiger partial charge in [-0.2, -0.15) is 0 Å². The van der Waals surface area contributed by atoms with E-state index in [2.05, 4.69) is 10.6 Å². The average molecular weight is 293 g/mol. The van der Waals surface area contributed by atoms with Crippen LogP contribution in [0.4, 0.5) is 5.69 Å². The molecule has 21 heavy (non-hydrogen) atoms. The van der Waals surface area contributed by atoms with E-state index in [1.54, 1.807) is 24.3 Å². The molecule has 116 valence electrons. The molecule has 6 nitrogen and oxygen atoms in total. The molecule has 0 aromatic heterocycles. The highest BCUT2D eigenvalue weighted by atomic mass is 16.5. The van der Waals surface area contributed by atoms with Crippen LogP contribution in [0.15, 0.2) is 24.3 Å². The molecule has 0 spiro atoms. The Bertz CT molecular complexity index is 475. The molecular weight excluding hydrogens is 270 g/mol. The van der Waals surface area contributed by atoms with E-state index < -0.39 is 0 Å². The van der Waals surface area contributed by atoms with Crippen molar-refractivity contribution in [3.8, 4) is 5.75 Å². The maximum Gasteiger partial charge on any atom is 0.221 e. The number of nitrogens with two attached hydrogens (primary N) is 1. The highest BCUT2D eigenvalue weighted by Crippen LogP contribution is 2.16. The zero-order chi connectivity index (χ0) is 15.7. The molecule has 1 aromatic carbocycles. The summed E-state index contributed by atoms with van der Waals surface area (Å²) in [6.07, 6.45) is 1.10. The van der Waals surface area contributed by atoms with Gasteiger partial charge in [0.1, 0.15) is 12.4 Å². The molecule has 1 unspecified atom stereocenters. The van der Waals surface area contributed by atoms with Crippen molar-refractivity contribution in [3.63, 3.8) is 0 Å². The average Bonchev–Trinajstić information content (AvgIpc) is 2.41. The lowest BCUT2D eigenvalue weighted by molar-refractivity contribution is -0.121. The predicted octanol–water partition coefficient (Wildman–Crippen LogP) is 1.27. The van der Waals surface area contributed by atoms with Crippen LogP contribution in [0.3, 0.4) is 0 Å². The van der Waals surface area contributed by atoms with Crippen LogP contribution in [0.25, 0.3) is 0 Å². The van der Waals surface area contributed by atoms with Crippen molar-refractivity contribution in [2.75, 3.05) is 18.5 Å². The Labute approximate surface area is 125 Å². The second kappa shape index (κ2) is 8.97. The first kappa shape index (κ1) is 17.0. The van der Waals surface area contributed by atoms with E-state index >= 15 is 0 Å². The third kappa shape index (κ3) is 7.94. The Morgan fingerprint density at radius 1 is 1.38 bits per heavy atom. The first-order chi connectivity index (χ1) is 9.97. The number of anilines is 1. The maximum atomic E-state index is 11.5. The third-order valence-electron chi connectivity index (χ3n) is 2.67. The second-order valence-electron chi connectivity index (χ2n) is 4.92. The Hall–Kier alpha value is -2.08. The monoisotopic (exact) mass is 293 g/mol. The van der Waals surface area contributed by atoms with Crippen molar-refractivity contribution in [1.82, 2.24) is 5.32 Å². The summed E-state index contributed by atoms with van der Waals surface area (Å²) in [6, 6.07) is 7.14. The highest BCUT2D eigenvalue weighted by Gasteiger charge is 2.03. The molecule has 0 saturated heterocycles. The van der Waals surface area contributed by atoms with E-state index in [9.17, 15) is 9.59 Å². The van der Waals surface area contributed by atoms with Gasteiger partial charge in [0.25, 0.3) is 0 Å². The van der Waals surface area contributed by atoms with E-state index in [-0.39, 0.29) is 17.9 Å². The van der Waals surface area contributed by atoms with Crippen molar-refractivity contribution in [2.24, 2.45) is 5.73 Å². The van der Waals surface area contributed by atoms with Crippen LogP contribution in [-0.4, -0.2) is 31.0 Å². The molecule has 0 aliphatic rings. The number of ether oxygens (including phenoxy) is 1. The van der Waals surface area contributed by atoms with Gasteiger partial charge >= 0.3 is 0 Å². The minimum absolute atomic E-state index is 0.0251. The summed E-state index contributed by atoms with van der Waals surface area (Å²) in [5.74, 6) is 0.488. The van der Waals surface area contributed by atoms with E-state index in [0.29, 0.717) is 37.4 Å². The van der Waals surface area contributed by atoms with Gasteiger partial charge in [-0.05, 0) is 25.5 Å². The quantitative estimate of drug-likeness (QED) is 0.629. The van der Waals surface area contributed by atoms with E-state index in [1.807, 2.05) is 6.92 Å². The maximum absolute atomic E-state index is 11.5. The predicted molar refractivity (Wildman–Crippen MR) is 82.1 cm³/mol. The molecule has 2 amide bonds. The van der Waals surface area contributed by atoms with Gasteiger partial charge in [0.2, 0.25) is 11.8 Å². The number of nitrogens with one attached hydrogen (secondary N) is 2. The summed E-state index contributed by atoms with van der Waals surface area (Å²) in [5, 5.41) is 5.45. The van der Waals surface area contributed by atoms with Crippen molar-refractivity contribution >= 4 is 17.5 Å². The zero-order valence-corrected chi connectivity index (χ0v) is 12.5. The van der Waals surface area contributed by atoms with Crippen LogP contribution in [0.1, 0.15) is 26.7 Å². The number of amides is 2. The zero-order valence-electron chi connectivity index (χ0n) is 12.5. The van der Waals surface area contributed by atoms with Gasteiger partial charge in [-0.15, -0.1) is 0 Å². The van der Waals surface area contributed by atoms with Crippen molar-refractivity contribution < 1.29 is 14.3 Å². The van der Waals surface area contributed by atoms with Crippen LogP contribution in [0, 0.1) is 0 Å². The molecule has 1 rings (SSSR count). The molecule has 0 aliphatic heterocycles. The summed E-state index contributed by atoms with van der Waals surface area (Å²) in [6.45, 7) is 4.12. The first-order valence-corrected chi connectivity index (χ1v) is 7.00. The fraction of sp³-hybridized carbons (Fsp3) is 0.467. The van der Waals surface area contributed by atoms with E-state index in [4.69, 9.17) is 10.5 Å². The standard InChI is InChI=1S/C15H23N3O3/c1-11(16)6-7-15(20)17-8-9-21-14-5-3-4-13(10-14)18-12(2)19/h3-5,10-11H,6-9,16H2,1-2H3,(H,17,20)(H,18,19). The lowest BCUT2D eigenvalue weighted by Crippen LogP contribution is -2.29. The number of carbonyl (C=O) groups excluding carboxylic acids is 2. The summed E-state index contributed by atoms with van der Waals surface area (Å²) in [5.41, 5.74) is 6.27. The summed E-state index contributed by atoms with van der Waals surface area (Å²) >= 11 is 0. The largest absolute Gasteiger partial charge is 0.492 e. The topological polar surface area (TPSA) is 93.5 Å². The summed E-state index contributed by atoms with van der Waals surface area (Å²) in [7, 11) is 0. The number of rotatable bonds is 8. The van der Waals surface area contributed by atoms with Gasteiger partial charge < -0.3 is 21.1 Å². The number of benzene rings is 1. The fourth-order valence-corrected chi connectivity index (χ4v) is 1.67. The van der Waals surface area contributed by atoms with Crippen LogP contribution in [0.5, 0.6) is 5.75 Å². The van der Waals surface area contributed by atoms with Crippen LogP contribution < -0.4 is 21.1 Å². The van der Waals surface area contributed by atoms with Crippen LogP contribution in [0.2, 0.25) is 0 Å². The lowest BCUT2D eigenvalue weighted by atomic mass is 10.2. The minimum Gasteiger partial charge on any atom is -0.492 e. The molecule has 0 heterocycles. The van der Waals surface area contributed by atoms with E-state index in [0.717, 1.165) is 0 Å². The Kier molecular flexibility index (Phi) is 7.25. The van der Waals surface area contributed by atoms with Crippen LogP contribution in [-0.2, 0) is 9.59 Å². The molecule has 0 bridgehead atoms. The normalized spacial score (nSPS) is 11.6. The number of hydrogen-bond acceptors (Lipinski definition) is 4. The fourth-order valence-electron chi connectivity index (χ4n) is 1.67.